The van der Waals surface area contributed by atoms with Crippen LogP contribution in [0.5, 0.6) is 0 Å². The van der Waals surface area contributed by atoms with Gasteiger partial charge in [-0.15, -0.1) is 0 Å². The zero-order valence-electron chi connectivity index (χ0n) is 15.2. The fraction of sp³-hybridized carbons (Fsp3) is 0.250. The van der Waals surface area contributed by atoms with E-state index in [2.05, 4.69) is 4.98 Å². The van der Waals surface area contributed by atoms with Gasteiger partial charge in [0.1, 0.15) is 0 Å². The summed E-state index contributed by atoms with van der Waals surface area (Å²) in [6, 6.07) is 14.5. The molecule has 7 heteroatoms. The zero-order chi connectivity index (χ0) is 19.4. The second-order valence-electron chi connectivity index (χ2n) is 6.09. The van der Waals surface area contributed by atoms with Crippen LogP contribution in [-0.2, 0) is 11.3 Å². The Kier molecular flexibility index (Phi) is 6.19. The molecule has 0 saturated carbocycles. The number of carbonyl (C=O) groups is 1. The monoisotopic (exact) mass is 401 g/mol. The van der Waals surface area contributed by atoms with E-state index in [1.807, 2.05) is 37.3 Å². The molecule has 140 valence electrons. The number of aromatic nitrogens is 2. The second-order valence-corrected chi connectivity index (χ2v) is 7.47. The van der Waals surface area contributed by atoms with Crippen molar-refractivity contribution >= 4 is 45.9 Å². The van der Waals surface area contributed by atoms with Gasteiger partial charge in [0, 0.05) is 24.3 Å². The minimum Gasteiger partial charge on any atom is -0.315 e. The van der Waals surface area contributed by atoms with Crippen LogP contribution in [0.3, 0.4) is 0 Å². The summed E-state index contributed by atoms with van der Waals surface area (Å²) in [6.07, 6.45) is 0.798. The van der Waals surface area contributed by atoms with Crippen LogP contribution < -0.4 is 10.5 Å². The maximum absolute atomic E-state index is 12.8. The van der Waals surface area contributed by atoms with Crippen molar-refractivity contribution in [3.8, 4) is 0 Å². The molecule has 0 aliphatic heterocycles. The molecule has 1 aromatic heterocycles. The molecule has 0 spiro atoms. The summed E-state index contributed by atoms with van der Waals surface area (Å²) in [7, 11) is 1.74. The van der Waals surface area contributed by atoms with E-state index in [9.17, 15) is 9.59 Å². The van der Waals surface area contributed by atoms with Crippen LogP contribution in [0.15, 0.2) is 58.5 Å². The van der Waals surface area contributed by atoms with Crippen molar-refractivity contribution in [1.29, 1.82) is 0 Å². The third kappa shape index (κ3) is 4.34. The molecule has 0 bridgehead atoms. The van der Waals surface area contributed by atoms with Crippen LogP contribution in [0, 0.1) is 0 Å². The van der Waals surface area contributed by atoms with Crippen LogP contribution in [0.4, 0.5) is 5.69 Å². The van der Waals surface area contributed by atoms with Gasteiger partial charge in [-0.3, -0.25) is 14.2 Å². The molecule has 0 unspecified atom stereocenters. The summed E-state index contributed by atoms with van der Waals surface area (Å²) in [5.74, 6) is 0.128. The summed E-state index contributed by atoms with van der Waals surface area (Å²) >= 11 is 7.32. The van der Waals surface area contributed by atoms with E-state index in [1.54, 1.807) is 34.7 Å². The quantitative estimate of drug-likeness (QED) is 0.458. The average molecular weight is 402 g/mol. The first-order valence-electron chi connectivity index (χ1n) is 8.65. The van der Waals surface area contributed by atoms with Crippen LogP contribution >= 0.6 is 23.4 Å². The van der Waals surface area contributed by atoms with E-state index in [0.29, 0.717) is 27.6 Å². The van der Waals surface area contributed by atoms with Gasteiger partial charge in [-0.2, -0.15) is 0 Å². The molecule has 3 rings (SSSR count). The molecule has 0 N–H and O–H groups in total. The number of fused-ring (bicyclic) bond motifs is 1. The lowest BCUT2D eigenvalue weighted by atomic mass is 10.2. The Morgan fingerprint density at radius 1 is 1.22 bits per heavy atom. The Morgan fingerprint density at radius 3 is 2.67 bits per heavy atom. The van der Waals surface area contributed by atoms with Gasteiger partial charge in [0.25, 0.3) is 5.56 Å². The maximum Gasteiger partial charge on any atom is 0.262 e. The molecular weight excluding hydrogens is 382 g/mol. The van der Waals surface area contributed by atoms with Crippen molar-refractivity contribution in [3.63, 3.8) is 0 Å². The first-order chi connectivity index (χ1) is 13.0. The molecule has 1 amide bonds. The highest BCUT2D eigenvalue weighted by molar-refractivity contribution is 7.99. The lowest BCUT2D eigenvalue weighted by molar-refractivity contribution is -0.115. The van der Waals surface area contributed by atoms with Crippen LogP contribution in [0.25, 0.3) is 10.9 Å². The normalized spacial score (nSPS) is 10.9. The summed E-state index contributed by atoms with van der Waals surface area (Å²) in [5.41, 5.74) is 1.27. The van der Waals surface area contributed by atoms with E-state index < -0.39 is 0 Å². The molecule has 2 aromatic carbocycles. The van der Waals surface area contributed by atoms with Crippen molar-refractivity contribution in [2.45, 2.75) is 25.0 Å². The largest absolute Gasteiger partial charge is 0.315 e. The van der Waals surface area contributed by atoms with Crippen molar-refractivity contribution < 1.29 is 4.79 Å². The molecule has 0 aliphatic carbocycles. The van der Waals surface area contributed by atoms with E-state index in [1.165, 1.54) is 11.8 Å². The Labute approximate surface area is 167 Å². The maximum atomic E-state index is 12.8. The van der Waals surface area contributed by atoms with Crippen molar-refractivity contribution in [2.24, 2.45) is 0 Å². The molecule has 27 heavy (non-hydrogen) atoms. The highest BCUT2D eigenvalue weighted by atomic mass is 35.5. The van der Waals surface area contributed by atoms with Gasteiger partial charge in [0.15, 0.2) is 5.16 Å². The summed E-state index contributed by atoms with van der Waals surface area (Å²) in [5, 5.41) is 1.59. The van der Waals surface area contributed by atoms with Crippen molar-refractivity contribution in [2.75, 3.05) is 17.7 Å². The summed E-state index contributed by atoms with van der Waals surface area (Å²) in [6.45, 7) is 2.55. The molecule has 0 aliphatic rings. The fourth-order valence-electron chi connectivity index (χ4n) is 2.72. The Bertz CT molecular complexity index is 1020. The number of carbonyl (C=O) groups excluding carboxylic acids is 1. The number of anilines is 1. The smallest absolute Gasteiger partial charge is 0.262 e. The predicted molar refractivity (Wildman–Crippen MR) is 112 cm³/mol. The standard InChI is InChI=1S/C20H20ClN3O2S/c1-3-11-24-19(26)16-10-9-14(21)12-17(16)22-20(24)27-13-18(25)23(2)15-7-5-4-6-8-15/h4-10,12H,3,11,13H2,1-2H3. The number of amides is 1. The first kappa shape index (κ1) is 19.5. The van der Waals surface area contributed by atoms with E-state index in [-0.39, 0.29) is 17.2 Å². The van der Waals surface area contributed by atoms with E-state index in [0.717, 1.165) is 12.1 Å². The number of hydrogen-bond donors (Lipinski definition) is 0. The lowest BCUT2D eigenvalue weighted by Crippen LogP contribution is -2.29. The van der Waals surface area contributed by atoms with E-state index in [4.69, 9.17) is 11.6 Å². The van der Waals surface area contributed by atoms with Crippen molar-refractivity contribution in [3.05, 3.63) is 63.9 Å². The number of hydrogen-bond acceptors (Lipinski definition) is 4. The summed E-state index contributed by atoms with van der Waals surface area (Å²) < 4.78 is 1.64. The minimum absolute atomic E-state index is 0.0605. The van der Waals surface area contributed by atoms with Gasteiger partial charge < -0.3 is 4.90 Å². The van der Waals surface area contributed by atoms with Gasteiger partial charge >= 0.3 is 0 Å². The van der Waals surface area contributed by atoms with E-state index >= 15 is 0 Å². The molecule has 0 fully saturated rings. The number of thioether (sulfide) groups is 1. The number of benzene rings is 2. The van der Waals surface area contributed by atoms with Crippen molar-refractivity contribution in [1.82, 2.24) is 9.55 Å². The van der Waals surface area contributed by atoms with Gasteiger partial charge in [-0.25, -0.2) is 4.98 Å². The molecule has 0 atom stereocenters. The molecule has 0 radical (unpaired) electrons. The molecule has 5 nitrogen and oxygen atoms in total. The molecule has 0 saturated heterocycles. The number of rotatable bonds is 6. The van der Waals surface area contributed by atoms with Gasteiger partial charge in [-0.1, -0.05) is 48.5 Å². The molecule has 3 aromatic rings. The molecular formula is C20H20ClN3O2S. The Morgan fingerprint density at radius 2 is 1.96 bits per heavy atom. The SMILES string of the molecule is CCCn1c(SCC(=O)N(C)c2ccccc2)nc2cc(Cl)ccc2c1=O. The topological polar surface area (TPSA) is 55.2 Å². The third-order valence-corrected chi connectivity index (χ3v) is 5.37. The number of halogens is 1. The molecule has 1 heterocycles. The first-order valence-corrected chi connectivity index (χ1v) is 10.0. The zero-order valence-corrected chi connectivity index (χ0v) is 16.8. The third-order valence-electron chi connectivity index (χ3n) is 4.17. The highest BCUT2D eigenvalue weighted by Gasteiger charge is 2.16. The minimum atomic E-state index is -0.107. The lowest BCUT2D eigenvalue weighted by Gasteiger charge is -2.17. The van der Waals surface area contributed by atoms with Crippen LogP contribution in [0.1, 0.15) is 13.3 Å². The number of nitrogens with zero attached hydrogens (tertiary/aromatic N) is 3. The Hall–Kier alpha value is -2.31. The summed E-state index contributed by atoms with van der Waals surface area (Å²) in [4.78, 5) is 31.6. The average Bonchev–Trinajstić information content (AvgIpc) is 2.68. The fourth-order valence-corrected chi connectivity index (χ4v) is 3.83. The van der Waals surface area contributed by atoms with Gasteiger partial charge in [0.2, 0.25) is 5.91 Å². The highest BCUT2D eigenvalue weighted by Crippen LogP contribution is 2.22. The van der Waals surface area contributed by atoms with Gasteiger partial charge in [0.05, 0.1) is 16.7 Å². The number of para-hydroxylation sites is 1. The Balaban J connectivity index is 1.88. The predicted octanol–water partition coefficient (Wildman–Crippen LogP) is 4.22. The van der Waals surface area contributed by atoms with Gasteiger partial charge in [-0.05, 0) is 36.8 Å². The van der Waals surface area contributed by atoms with Crippen LogP contribution in [-0.4, -0.2) is 28.3 Å². The van der Waals surface area contributed by atoms with Crippen LogP contribution in [0.2, 0.25) is 5.02 Å². The second kappa shape index (κ2) is 8.59.